The fourth-order valence-electron chi connectivity index (χ4n) is 7.03. The molecule has 2 amide bonds. The fraction of sp³-hybridized carbons (Fsp3) is 0.500. The number of fused-ring (bicyclic) bond motifs is 3. The molecule has 354 valence electrons. The van der Waals surface area contributed by atoms with Crippen molar-refractivity contribution in [2.24, 2.45) is 10.7 Å². The SMILES string of the molecule is CCCCCCCC(=O)N(CC#CC#Cc1ccc(NC(=O)C[C@@H]2N=C(c3ccc(Cl)cc3)c3c(sc(C)c3C)-n3c(C)nnc32)cc1)CCOCCOC(N)COCCOCCOCC. The van der Waals surface area contributed by atoms with Gasteiger partial charge in [0, 0.05) is 51.8 Å². The highest BCUT2D eigenvalue weighted by molar-refractivity contribution is 7.15. The molecule has 5 rings (SSSR count). The van der Waals surface area contributed by atoms with Crippen molar-refractivity contribution in [1.29, 1.82) is 0 Å². The maximum absolute atomic E-state index is 13.6. The van der Waals surface area contributed by atoms with Crippen LogP contribution in [0.4, 0.5) is 5.69 Å². The molecular formula is C50H64ClN7O7S. The van der Waals surface area contributed by atoms with E-state index in [-0.39, 0.29) is 31.4 Å². The molecule has 3 N–H and O–H groups in total. The summed E-state index contributed by atoms with van der Waals surface area (Å²) in [6, 6.07) is 14.3. The summed E-state index contributed by atoms with van der Waals surface area (Å²) in [5, 5.41) is 13.5. The number of nitrogens with zero attached hydrogens (tertiary/aromatic N) is 5. The van der Waals surface area contributed by atoms with Gasteiger partial charge in [-0.25, -0.2) is 0 Å². The number of anilines is 1. The fourth-order valence-corrected chi connectivity index (χ4v) is 8.37. The molecule has 66 heavy (non-hydrogen) atoms. The number of hydrogen-bond donors (Lipinski definition) is 2. The van der Waals surface area contributed by atoms with E-state index in [1.165, 1.54) is 11.3 Å². The van der Waals surface area contributed by atoms with Crippen LogP contribution in [-0.4, -0.2) is 116 Å². The predicted molar refractivity (Wildman–Crippen MR) is 260 cm³/mol. The van der Waals surface area contributed by atoms with E-state index in [0.717, 1.165) is 64.5 Å². The summed E-state index contributed by atoms with van der Waals surface area (Å²) < 4.78 is 29.5. The van der Waals surface area contributed by atoms with Crippen LogP contribution in [0.15, 0.2) is 53.5 Å². The monoisotopic (exact) mass is 941 g/mol. The number of aryl methyl sites for hydroxylation is 2. The number of unbranched alkanes of at least 4 members (excludes halogenated alkanes) is 4. The number of nitrogens with one attached hydrogen (secondary N) is 1. The van der Waals surface area contributed by atoms with Crippen molar-refractivity contribution in [2.45, 2.75) is 91.8 Å². The molecule has 4 aromatic rings. The van der Waals surface area contributed by atoms with Crippen LogP contribution in [-0.2, 0) is 33.3 Å². The zero-order valence-corrected chi connectivity index (χ0v) is 40.5. The van der Waals surface area contributed by atoms with Crippen LogP contribution < -0.4 is 11.1 Å². The number of benzene rings is 2. The third kappa shape index (κ3) is 16.4. The topological polar surface area (TPSA) is 165 Å². The van der Waals surface area contributed by atoms with Crippen molar-refractivity contribution in [3.05, 3.63) is 92.3 Å². The molecule has 14 nitrogen and oxygen atoms in total. The first-order valence-electron chi connectivity index (χ1n) is 22.8. The minimum Gasteiger partial charge on any atom is -0.379 e. The normalized spacial score (nSPS) is 13.3. The Balaban J connectivity index is 1.12. The van der Waals surface area contributed by atoms with Gasteiger partial charge in [-0.2, -0.15) is 0 Å². The number of thiophene rings is 1. The van der Waals surface area contributed by atoms with Crippen molar-refractivity contribution < 1.29 is 33.3 Å². The molecular weight excluding hydrogens is 878 g/mol. The molecule has 2 atom stereocenters. The van der Waals surface area contributed by atoms with Crippen LogP contribution >= 0.6 is 22.9 Å². The zero-order chi connectivity index (χ0) is 47.1. The number of hydrogen-bond acceptors (Lipinski definition) is 12. The molecule has 1 aliphatic rings. The molecule has 1 unspecified atom stereocenters. The second-order valence-corrected chi connectivity index (χ2v) is 17.3. The Labute approximate surface area is 398 Å². The average molecular weight is 943 g/mol. The van der Waals surface area contributed by atoms with Crippen molar-refractivity contribution in [3.63, 3.8) is 0 Å². The molecule has 0 spiro atoms. The molecule has 2 aromatic carbocycles. The predicted octanol–water partition coefficient (Wildman–Crippen LogP) is 7.76. The van der Waals surface area contributed by atoms with E-state index in [1.807, 2.05) is 54.8 Å². The van der Waals surface area contributed by atoms with Crippen molar-refractivity contribution in [3.8, 4) is 28.7 Å². The van der Waals surface area contributed by atoms with E-state index in [0.29, 0.717) is 82.4 Å². The number of halogens is 1. The van der Waals surface area contributed by atoms with Crippen LogP contribution in [0, 0.1) is 44.5 Å². The smallest absolute Gasteiger partial charge is 0.227 e. The quantitative estimate of drug-likeness (QED) is 0.0343. The summed E-state index contributed by atoms with van der Waals surface area (Å²) in [5.41, 5.74) is 11.2. The summed E-state index contributed by atoms with van der Waals surface area (Å²) in [6.07, 6.45) is 5.23. The first-order chi connectivity index (χ1) is 32.1. The minimum atomic E-state index is -0.590. The molecule has 3 heterocycles. The maximum Gasteiger partial charge on any atom is 0.227 e. The maximum atomic E-state index is 13.6. The Bertz CT molecular complexity index is 2310. The number of carbonyl (C=O) groups is 2. The zero-order valence-electron chi connectivity index (χ0n) is 39.0. The first-order valence-corrected chi connectivity index (χ1v) is 24.0. The van der Waals surface area contributed by atoms with Gasteiger partial charge in [0.1, 0.15) is 23.1 Å². The minimum absolute atomic E-state index is 0.0406. The van der Waals surface area contributed by atoms with Gasteiger partial charge in [0.05, 0.1) is 71.5 Å². The number of carbonyl (C=O) groups excluding carboxylic acids is 2. The van der Waals surface area contributed by atoms with E-state index in [2.05, 4.69) is 60.0 Å². The van der Waals surface area contributed by atoms with E-state index in [4.69, 9.17) is 46.0 Å². The summed E-state index contributed by atoms with van der Waals surface area (Å²) in [4.78, 5) is 34.9. The summed E-state index contributed by atoms with van der Waals surface area (Å²) in [7, 11) is 0. The third-order valence-corrected chi connectivity index (χ3v) is 12.1. The van der Waals surface area contributed by atoms with Crippen molar-refractivity contribution >= 4 is 46.2 Å². The standard InChI is InChI=1S/C50H64ClN7O7S/c1-6-8-9-10-13-16-46(60)57(26-27-62-32-33-65-44(52)35-64-31-30-63-29-28-61-7-2)25-14-11-12-15-39-17-23-42(24-18-39)53-45(59)34-43-49-56-55-38(5)58(49)50-47(36(3)37(4)66-50)48(54-43)40-19-21-41(51)22-20-40/h17-24,43-44H,6-10,13,16,25-35,52H2,1-5H3,(H,53,59)/t43-,44?/m0/s1. The Hall–Kier alpha value is -4.94. The van der Waals surface area contributed by atoms with Gasteiger partial charge in [-0.3, -0.25) is 19.1 Å². The number of amides is 2. The first kappa shape index (κ1) is 52.0. The highest BCUT2D eigenvalue weighted by Crippen LogP contribution is 2.39. The molecule has 1 aliphatic heterocycles. The number of nitrogens with two attached hydrogens (primary N) is 1. The lowest BCUT2D eigenvalue weighted by atomic mass is 9.99. The molecule has 2 aromatic heterocycles. The van der Waals surface area contributed by atoms with Crippen molar-refractivity contribution in [1.82, 2.24) is 19.7 Å². The second-order valence-electron chi connectivity index (χ2n) is 15.7. The Morgan fingerprint density at radius 1 is 0.879 bits per heavy atom. The summed E-state index contributed by atoms with van der Waals surface area (Å²) >= 11 is 7.92. The highest BCUT2D eigenvalue weighted by Gasteiger charge is 2.32. The molecule has 0 radical (unpaired) electrons. The lowest BCUT2D eigenvalue weighted by molar-refractivity contribution is -0.131. The lowest BCUT2D eigenvalue weighted by Gasteiger charge is -2.20. The largest absolute Gasteiger partial charge is 0.379 e. The Morgan fingerprint density at radius 3 is 2.35 bits per heavy atom. The number of aromatic nitrogens is 3. The summed E-state index contributed by atoms with van der Waals surface area (Å²) in [5.74, 6) is 13.1. The molecule has 0 saturated carbocycles. The number of aliphatic imine (C=N–C) groups is 1. The van der Waals surface area contributed by atoms with Gasteiger partial charge in [0.2, 0.25) is 11.8 Å². The lowest BCUT2D eigenvalue weighted by Crippen LogP contribution is -2.35. The Kier molecular flexibility index (Phi) is 22.3. The van der Waals surface area contributed by atoms with Crippen molar-refractivity contribution in [2.75, 3.05) is 77.9 Å². The van der Waals surface area contributed by atoms with Gasteiger partial charge in [0.25, 0.3) is 0 Å². The Morgan fingerprint density at radius 2 is 1.59 bits per heavy atom. The molecule has 0 saturated heterocycles. The number of ether oxygens (including phenoxy) is 5. The molecule has 0 aliphatic carbocycles. The van der Waals surface area contributed by atoms with Gasteiger partial charge in [-0.1, -0.05) is 68.2 Å². The number of rotatable bonds is 27. The second kappa shape index (κ2) is 28.3. The van der Waals surface area contributed by atoms with E-state index < -0.39 is 12.3 Å². The van der Waals surface area contributed by atoms with E-state index >= 15 is 0 Å². The van der Waals surface area contributed by atoms with E-state index in [9.17, 15) is 9.59 Å². The van der Waals surface area contributed by atoms with Gasteiger partial charge in [-0.05, 0) is 87.9 Å². The van der Waals surface area contributed by atoms with Gasteiger partial charge in [-0.15, -0.1) is 21.5 Å². The average Bonchev–Trinajstić information content (AvgIpc) is 3.79. The van der Waals surface area contributed by atoms with Gasteiger partial charge < -0.3 is 39.6 Å². The van der Waals surface area contributed by atoms with Crippen LogP contribution in [0.5, 0.6) is 0 Å². The van der Waals surface area contributed by atoms with E-state index in [1.54, 1.807) is 28.4 Å². The van der Waals surface area contributed by atoms with Gasteiger partial charge >= 0.3 is 0 Å². The van der Waals surface area contributed by atoms with Crippen LogP contribution in [0.3, 0.4) is 0 Å². The molecule has 0 fully saturated rings. The van der Waals surface area contributed by atoms with Crippen LogP contribution in [0.2, 0.25) is 5.02 Å². The van der Waals surface area contributed by atoms with Gasteiger partial charge in [0.15, 0.2) is 5.82 Å². The van der Waals surface area contributed by atoms with Crippen LogP contribution in [0.1, 0.15) is 104 Å². The highest BCUT2D eigenvalue weighted by atomic mass is 35.5. The van der Waals surface area contributed by atoms with Crippen LogP contribution in [0.25, 0.3) is 5.00 Å². The molecule has 0 bridgehead atoms. The third-order valence-electron chi connectivity index (χ3n) is 10.7. The summed E-state index contributed by atoms with van der Waals surface area (Å²) in [6.45, 7) is 14.7. The molecule has 16 heteroatoms.